The van der Waals surface area contributed by atoms with Crippen molar-refractivity contribution in [3.05, 3.63) is 71.8 Å². The Balaban J connectivity index is 1.97. The molecule has 0 fully saturated rings. The van der Waals surface area contributed by atoms with Crippen molar-refractivity contribution >= 4 is 29.1 Å². The molecule has 1 heterocycles. The van der Waals surface area contributed by atoms with E-state index in [0.717, 1.165) is 29.0 Å². The highest BCUT2D eigenvalue weighted by Crippen LogP contribution is 2.43. The molecule has 3 rings (SSSR count). The standard InChI is InChI=1S/C21H16F3NO4S/c1-13(26)25(12-14-7-9-16(10-8-14)21(22,23)24)17-11-18(15-5-3-2-4-6-15)30-19(17)29-20(27)28/h2-11H,12H2,1H3,(H,27,28). The Morgan fingerprint density at radius 2 is 1.70 bits per heavy atom. The molecule has 156 valence electrons. The third kappa shape index (κ3) is 4.98. The fourth-order valence-corrected chi connectivity index (χ4v) is 3.81. The molecule has 0 bridgehead atoms. The van der Waals surface area contributed by atoms with Crippen LogP contribution in [0.1, 0.15) is 18.1 Å². The zero-order valence-electron chi connectivity index (χ0n) is 15.6. The van der Waals surface area contributed by atoms with Crippen LogP contribution in [-0.2, 0) is 17.5 Å². The monoisotopic (exact) mass is 435 g/mol. The first kappa shape index (κ1) is 21.4. The third-order valence-electron chi connectivity index (χ3n) is 4.21. The molecule has 0 saturated carbocycles. The van der Waals surface area contributed by atoms with Crippen LogP contribution < -0.4 is 9.64 Å². The summed E-state index contributed by atoms with van der Waals surface area (Å²) in [5.41, 5.74) is 0.694. The maximum Gasteiger partial charge on any atom is 0.512 e. The van der Waals surface area contributed by atoms with Crippen LogP contribution in [0.25, 0.3) is 10.4 Å². The topological polar surface area (TPSA) is 66.8 Å². The van der Waals surface area contributed by atoms with Crippen LogP contribution in [0, 0.1) is 0 Å². The van der Waals surface area contributed by atoms with Crippen molar-refractivity contribution in [2.24, 2.45) is 0 Å². The van der Waals surface area contributed by atoms with Gasteiger partial charge in [-0.3, -0.25) is 4.79 Å². The van der Waals surface area contributed by atoms with Crippen LogP contribution >= 0.6 is 11.3 Å². The Bertz CT molecular complexity index is 1050. The predicted octanol–water partition coefficient (Wildman–Crippen LogP) is 6.04. The number of thiophene rings is 1. The number of amides is 1. The third-order valence-corrected chi connectivity index (χ3v) is 5.26. The van der Waals surface area contributed by atoms with E-state index in [1.54, 1.807) is 6.07 Å². The quantitative estimate of drug-likeness (QED) is 0.496. The first-order chi connectivity index (χ1) is 14.1. The number of carbonyl (C=O) groups is 2. The van der Waals surface area contributed by atoms with Crippen LogP contribution in [0.2, 0.25) is 0 Å². The molecule has 2 aromatic carbocycles. The maximum atomic E-state index is 12.8. The maximum absolute atomic E-state index is 12.8. The van der Waals surface area contributed by atoms with Crippen molar-refractivity contribution in [2.75, 3.05) is 4.90 Å². The molecule has 0 radical (unpaired) electrons. The zero-order chi connectivity index (χ0) is 21.9. The van der Waals surface area contributed by atoms with Gasteiger partial charge < -0.3 is 14.7 Å². The first-order valence-corrected chi connectivity index (χ1v) is 9.51. The van der Waals surface area contributed by atoms with Gasteiger partial charge in [0, 0.05) is 11.8 Å². The SMILES string of the molecule is CC(=O)N(Cc1ccc(C(F)(F)F)cc1)c1cc(-c2ccccc2)sc1OC(=O)O. The highest BCUT2D eigenvalue weighted by atomic mass is 32.1. The summed E-state index contributed by atoms with van der Waals surface area (Å²) in [6.07, 6.45) is -5.99. The van der Waals surface area contributed by atoms with Gasteiger partial charge in [-0.1, -0.05) is 53.8 Å². The lowest BCUT2D eigenvalue weighted by atomic mass is 10.1. The summed E-state index contributed by atoms with van der Waals surface area (Å²) >= 11 is 1.06. The van der Waals surface area contributed by atoms with E-state index in [1.165, 1.54) is 24.0 Å². The van der Waals surface area contributed by atoms with Gasteiger partial charge >= 0.3 is 12.3 Å². The van der Waals surface area contributed by atoms with Crippen molar-refractivity contribution in [1.29, 1.82) is 0 Å². The Hall–Kier alpha value is -3.33. The summed E-state index contributed by atoms with van der Waals surface area (Å²) in [5.74, 6) is -0.414. The average Bonchev–Trinajstić information content (AvgIpc) is 3.09. The van der Waals surface area contributed by atoms with Crippen molar-refractivity contribution < 1.29 is 32.6 Å². The molecular formula is C21H16F3NO4S. The Morgan fingerprint density at radius 1 is 1.07 bits per heavy atom. The number of ether oxygens (including phenoxy) is 1. The molecule has 0 aliphatic heterocycles. The van der Waals surface area contributed by atoms with Crippen molar-refractivity contribution in [3.63, 3.8) is 0 Å². The molecule has 9 heteroatoms. The molecular weight excluding hydrogens is 419 g/mol. The van der Waals surface area contributed by atoms with Gasteiger partial charge in [0.05, 0.1) is 17.8 Å². The fourth-order valence-electron chi connectivity index (χ4n) is 2.80. The Kier molecular flexibility index (Phi) is 6.12. The van der Waals surface area contributed by atoms with Gasteiger partial charge in [0.2, 0.25) is 11.0 Å². The minimum Gasteiger partial charge on any atom is -0.449 e. The number of carboxylic acid groups (broad SMARTS) is 1. The first-order valence-electron chi connectivity index (χ1n) is 8.69. The lowest BCUT2D eigenvalue weighted by Crippen LogP contribution is -2.28. The summed E-state index contributed by atoms with van der Waals surface area (Å²) in [4.78, 5) is 25.4. The molecule has 3 aromatic rings. The van der Waals surface area contributed by atoms with E-state index in [9.17, 15) is 22.8 Å². The van der Waals surface area contributed by atoms with E-state index >= 15 is 0 Å². The van der Waals surface area contributed by atoms with E-state index in [-0.39, 0.29) is 17.3 Å². The van der Waals surface area contributed by atoms with Gasteiger partial charge in [-0.15, -0.1) is 0 Å². The molecule has 0 aliphatic rings. The number of rotatable bonds is 5. The largest absolute Gasteiger partial charge is 0.512 e. The zero-order valence-corrected chi connectivity index (χ0v) is 16.5. The molecule has 5 nitrogen and oxygen atoms in total. The second-order valence-corrected chi connectivity index (χ2v) is 7.33. The highest BCUT2D eigenvalue weighted by Gasteiger charge is 2.30. The summed E-state index contributed by atoms with van der Waals surface area (Å²) in [6.45, 7) is 1.24. The lowest BCUT2D eigenvalue weighted by molar-refractivity contribution is -0.137. The van der Waals surface area contributed by atoms with Crippen LogP contribution in [0.4, 0.5) is 23.7 Å². The van der Waals surface area contributed by atoms with E-state index in [0.29, 0.717) is 10.4 Å². The number of nitrogens with zero attached hydrogens (tertiary/aromatic N) is 1. The lowest BCUT2D eigenvalue weighted by Gasteiger charge is -2.21. The van der Waals surface area contributed by atoms with Gasteiger partial charge in [-0.25, -0.2) is 4.79 Å². The second kappa shape index (κ2) is 8.58. The number of alkyl halides is 3. The molecule has 30 heavy (non-hydrogen) atoms. The normalized spacial score (nSPS) is 11.2. The molecule has 0 aliphatic carbocycles. The molecule has 0 saturated heterocycles. The summed E-state index contributed by atoms with van der Waals surface area (Å²) in [6, 6.07) is 15.2. The summed E-state index contributed by atoms with van der Waals surface area (Å²) in [5, 5.41) is 9.07. The van der Waals surface area contributed by atoms with Crippen molar-refractivity contribution in [2.45, 2.75) is 19.6 Å². The average molecular weight is 435 g/mol. The van der Waals surface area contributed by atoms with Crippen molar-refractivity contribution in [1.82, 2.24) is 0 Å². The number of halogens is 3. The van der Waals surface area contributed by atoms with E-state index in [1.807, 2.05) is 30.3 Å². The van der Waals surface area contributed by atoms with Crippen LogP contribution in [-0.4, -0.2) is 17.2 Å². The van der Waals surface area contributed by atoms with Crippen LogP contribution in [0.15, 0.2) is 60.7 Å². The predicted molar refractivity (Wildman–Crippen MR) is 107 cm³/mol. The number of hydrogen-bond donors (Lipinski definition) is 1. The Morgan fingerprint density at radius 3 is 2.23 bits per heavy atom. The van der Waals surface area contributed by atoms with Crippen LogP contribution in [0.3, 0.4) is 0 Å². The summed E-state index contributed by atoms with van der Waals surface area (Å²) in [7, 11) is 0. The summed E-state index contributed by atoms with van der Waals surface area (Å²) < 4.78 is 43.2. The molecule has 1 aromatic heterocycles. The van der Waals surface area contributed by atoms with E-state index in [2.05, 4.69) is 0 Å². The van der Waals surface area contributed by atoms with Gasteiger partial charge in [0.1, 0.15) is 0 Å². The minimum absolute atomic E-state index is 0.00321. The number of anilines is 1. The molecule has 0 unspecified atom stereocenters. The Labute approximate surface area is 173 Å². The second-order valence-electron chi connectivity index (χ2n) is 6.32. The molecule has 0 atom stereocenters. The highest BCUT2D eigenvalue weighted by molar-refractivity contribution is 7.18. The van der Waals surface area contributed by atoms with Crippen LogP contribution in [0.5, 0.6) is 5.06 Å². The number of benzene rings is 2. The molecule has 1 N–H and O–H groups in total. The number of hydrogen-bond acceptors (Lipinski definition) is 4. The van der Waals surface area contributed by atoms with E-state index in [4.69, 9.17) is 9.84 Å². The van der Waals surface area contributed by atoms with Crippen molar-refractivity contribution in [3.8, 4) is 15.5 Å². The molecule has 0 spiro atoms. The van der Waals surface area contributed by atoms with Gasteiger partial charge in [-0.2, -0.15) is 13.2 Å². The molecule has 1 amide bonds. The van der Waals surface area contributed by atoms with Gasteiger partial charge in [-0.05, 0) is 29.3 Å². The van der Waals surface area contributed by atoms with Gasteiger partial charge in [0.25, 0.3) is 0 Å². The fraction of sp³-hybridized carbons (Fsp3) is 0.143. The van der Waals surface area contributed by atoms with Gasteiger partial charge in [0.15, 0.2) is 0 Å². The minimum atomic E-state index is -4.46. The smallest absolute Gasteiger partial charge is 0.449 e. The number of carbonyl (C=O) groups excluding carboxylic acids is 1. The van der Waals surface area contributed by atoms with E-state index < -0.39 is 23.8 Å².